The molecular formula is C43H66N2O3S. The molecule has 1 unspecified atom stereocenters. The van der Waals surface area contributed by atoms with E-state index in [1.807, 2.05) is 26.8 Å². The zero-order chi connectivity index (χ0) is 37.1. The summed E-state index contributed by atoms with van der Waals surface area (Å²) in [4.78, 5) is 11.4. The maximum atomic E-state index is 11.4. The summed E-state index contributed by atoms with van der Waals surface area (Å²) in [6.07, 6.45) is 10.2. The number of benzene rings is 2. The van der Waals surface area contributed by atoms with Crippen molar-refractivity contribution in [3.8, 4) is 0 Å². The van der Waals surface area contributed by atoms with Gasteiger partial charge in [-0.15, -0.1) is 0 Å². The van der Waals surface area contributed by atoms with Gasteiger partial charge in [-0.3, -0.25) is 0 Å². The van der Waals surface area contributed by atoms with Gasteiger partial charge in [-0.05, 0) is 111 Å². The maximum absolute atomic E-state index is 11.4. The monoisotopic (exact) mass is 690 g/mol. The van der Waals surface area contributed by atoms with Crippen LogP contribution in [0.4, 0.5) is 0 Å². The van der Waals surface area contributed by atoms with Crippen LogP contribution in [-0.4, -0.2) is 36.5 Å². The minimum Gasteiger partial charge on any atom is -0.483 e. The van der Waals surface area contributed by atoms with E-state index in [0.717, 1.165) is 42.0 Å². The number of thiol groups is 1. The number of nitrogens with one attached hydrogen (secondary N) is 2. The lowest BCUT2D eigenvalue weighted by molar-refractivity contribution is -0.149. The Bertz CT molecular complexity index is 1350. The molecule has 1 aliphatic rings. The zero-order valence-corrected chi connectivity index (χ0v) is 32.8. The van der Waals surface area contributed by atoms with Gasteiger partial charge in [0, 0.05) is 23.9 Å². The highest BCUT2D eigenvalue weighted by Gasteiger charge is 2.41. The molecule has 2 aromatic carbocycles. The first kappa shape index (κ1) is 43.6. The molecule has 3 rings (SSSR count). The Kier molecular flexibility index (Phi) is 20.6. The van der Waals surface area contributed by atoms with Crippen LogP contribution in [0, 0.1) is 44.4 Å². The van der Waals surface area contributed by atoms with Gasteiger partial charge in [0.25, 0.3) is 0 Å². The molecule has 2 aromatic rings. The van der Waals surface area contributed by atoms with Crippen molar-refractivity contribution in [3.05, 3.63) is 119 Å². The molecule has 0 aliphatic heterocycles. The number of ether oxygens (including phenoxy) is 1. The molecule has 1 saturated carbocycles. The summed E-state index contributed by atoms with van der Waals surface area (Å²) in [5, 5.41) is 15.9. The molecule has 272 valence electrons. The van der Waals surface area contributed by atoms with Gasteiger partial charge < -0.3 is 20.5 Å². The molecule has 0 bridgehead atoms. The number of hydrogen-bond donors (Lipinski definition) is 4. The van der Waals surface area contributed by atoms with Crippen molar-refractivity contribution >= 4 is 18.6 Å². The number of carboxylic acid groups (broad SMARTS) is 1. The summed E-state index contributed by atoms with van der Waals surface area (Å²) in [5.74, 6) is 1.96. The average Bonchev–Trinajstić information content (AvgIpc) is 3.88. The van der Waals surface area contributed by atoms with Crippen molar-refractivity contribution < 1.29 is 14.6 Å². The van der Waals surface area contributed by atoms with E-state index in [1.165, 1.54) is 40.7 Å². The summed E-state index contributed by atoms with van der Waals surface area (Å²) in [7, 11) is 0. The van der Waals surface area contributed by atoms with Gasteiger partial charge in [-0.2, -0.15) is 12.6 Å². The van der Waals surface area contributed by atoms with E-state index < -0.39 is 12.1 Å². The van der Waals surface area contributed by atoms with Gasteiger partial charge in [0.05, 0.1) is 12.3 Å². The summed E-state index contributed by atoms with van der Waals surface area (Å²) >= 11 is 3.53. The van der Waals surface area contributed by atoms with Crippen LogP contribution in [0.5, 0.6) is 0 Å². The van der Waals surface area contributed by atoms with E-state index in [1.54, 1.807) is 6.26 Å². The summed E-state index contributed by atoms with van der Waals surface area (Å²) in [5.41, 5.74) is 8.71. The van der Waals surface area contributed by atoms with Crippen molar-refractivity contribution in [2.45, 2.75) is 99.5 Å². The lowest BCUT2D eigenvalue weighted by Gasteiger charge is -2.23. The van der Waals surface area contributed by atoms with E-state index in [4.69, 9.17) is 4.74 Å². The Morgan fingerprint density at radius 2 is 1.65 bits per heavy atom. The highest BCUT2D eigenvalue weighted by atomic mass is 32.1. The van der Waals surface area contributed by atoms with Crippen molar-refractivity contribution in [2.75, 3.05) is 19.3 Å². The second-order valence-electron chi connectivity index (χ2n) is 14.0. The van der Waals surface area contributed by atoms with E-state index >= 15 is 0 Å². The molecule has 0 amide bonds. The predicted molar refractivity (Wildman–Crippen MR) is 214 cm³/mol. The van der Waals surface area contributed by atoms with Crippen LogP contribution in [-0.2, 0) is 16.0 Å². The number of rotatable bonds is 19. The molecule has 0 radical (unpaired) electrons. The van der Waals surface area contributed by atoms with Crippen molar-refractivity contribution in [1.82, 2.24) is 10.6 Å². The van der Waals surface area contributed by atoms with Crippen molar-refractivity contribution in [2.24, 2.45) is 23.7 Å². The summed E-state index contributed by atoms with van der Waals surface area (Å²) in [6, 6.07) is 15.7. The van der Waals surface area contributed by atoms with Gasteiger partial charge in [-0.25, -0.2) is 4.79 Å². The zero-order valence-electron chi connectivity index (χ0n) is 31.9. The molecular weight excluding hydrogens is 625 g/mol. The maximum Gasteiger partial charge on any atom is 0.344 e. The van der Waals surface area contributed by atoms with Crippen LogP contribution < -0.4 is 10.6 Å². The number of carbonyl (C=O) groups is 1. The normalized spacial score (nSPS) is 16.6. The van der Waals surface area contributed by atoms with Crippen LogP contribution in [0.3, 0.4) is 0 Å². The largest absolute Gasteiger partial charge is 0.483 e. The molecule has 1 fully saturated rings. The Morgan fingerprint density at radius 3 is 2.20 bits per heavy atom. The predicted octanol–water partition coefficient (Wildman–Crippen LogP) is 10.4. The minimum atomic E-state index is -0.955. The molecule has 0 aromatic heterocycles. The average molecular weight is 691 g/mol. The van der Waals surface area contributed by atoms with Gasteiger partial charge >= 0.3 is 5.97 Å². The number of carboxylic acids is 1. The Balaban J connectivity index is 0.000000929. The van der Waals surface area contributed by atoms with Crippen LogP contribution in [0.2, 0.25) is 0 Å². The number of aliphatic carboxylic acids is 1. The van der Waals surface area contributed by atoms with Gasteiger partial charge in [0.1, 0.15) is 0 Å². The summed E-state index contributed by atoms with van der Waals surface area (Å²) in [6.45, 7) is 30.1. The Labute approximate surface area is 304 Å². The van der Waals surface area contributed by atoms with Gasteiger partial charge in [-0.1, -0.05) is 108 Å². The fourth-order valence-corrected chi connectivity index (χ4v) is 5.60. The third-order valence-electron chi connectivity index (χ3n) is 9.15. The molecule has 49 heavy (non-hydrogen) atoms. The van der Waals surface area contributed by atoms with E-state index in [9.17, 15) is 9.90 Å². The molecule has 5 nitrogen and oxygen atoms in total. The molecule has 0 heterocycles. The van der Waals surface area contributed by atoms with Crippen LogP contribution >= 0.6 is 12.6 Å². The molecule has 5 atom stereocenters. The highest BCUT2D eigenvalue weighted by Crippen LogP contribution is 2.52. The van der Waals surface area contributed by atoms with E-state index in [-0.39, 0.29) is 11.8 Å². The molecule has 3 N–H and O–H groups in total. The van der Waals surface area contributed by atoms with E-state index in [0.29, 0.717) is 25.3 Å². The lowest BCUT2D eigenvalue weighted by Crippen LogP contribution is -2.30. The van der Waals surface area contributed by atoms with Gasteiger partial charge in [0.2, 0.25) is 0 Å². The van der Waals surface area contributed by atoms with E-state index in [2.05, 4.69) is 126 Å². The lowest BCUT2D eigenvalue weighted by atomic mass is 9.96. The molecule has 0 saturated heterocycles. The fraction of sp³-hybridized carbons (Fsp3) is 0.512. The summed E-state index contributed by atoms with van der Waals surface area (Å²) < 4.78 is 5.64. The Morgan fingerprint density at radius 1 is 1.00 bits per heavy atom. The molecule has 0 spiro atoms. The number of aryl methyl sites for hydroxylation is 4. The first-order chi connectivity index (χ1) is 23.2. The quantitative estimate of drug-likeness (QED) is 0.0671. The molecule has 6 heteroatoms. The highest BCUT2D eigenvalue weighted by molar-refractivity contribution is 7.79. The SMILES string of the molecule is C=C(/C=C/CC[C@H](C)C1C[C@@H]1c1ccc(CC)cc1)NCC(=C)NC[C@@H](C)C(=C)O[C@@H](CC(C)C)C(=O)O.CS.Cc1ccc(C)c(C)c1. The smallest absolute Gasteiger partial charge is 0.344 e. The van der Waals surface area contributed by atoms with Crippen molar-refractivity contribution in [1.29, 1.82) is 0 Å². The van der Waals surface area contributed by atoms with Crippen molar-refractivity contribution in [3.63, 3.8) is 0 Å². The molecule has 1 aliphatic carbocycles. The second kappa shape index (κ2) is 23.1. The number of hydrogen-bond acceptors (Lipinski definition) is 5. The fourth-order valence-electron chi connectivity index (χ4n) is 5.60. The third kappa shape index (κ3) is 17.2. The van der Waals surface area contributed by atoms with Crippen LogP contribution in [0.15, 0.2) is 91.5 Å². The van der Waals surface area contributed by atoms with Gasteiger partial charge in [0.15, 0.2) is 6.10 Å². The second-order valence-corrected chi connectivity index (χ2v) is 14.0. The minimum absolute atomic E-state index is 0.0485. The third-order valence-corrected chi connectivity index (χ3v) is 9.15. The topological polar surface area (TPSA) is 70.6 Å². The first-order valence-electron chi connectivity index (χ1n) is 17.9. The van der Waals surface area contributed by atoms with Crippen LogP contribution in [0.25, 0.3) is 0 Å². The standard InChI is InChI=1S/C33H50N2O3.C9H12.CH4S/c1-9-28-14-16-29(17-15-28)31-19-30(31)23(4)12-10-11-13-25(6)35-21-26(7)34-20-24(5)27(8)38-32(33(36)37)18-22(2)3;1-7-4-5-8(2)9(3)6-7;1-2/h11,13-17,22-24,30-32,34-35H,6-10,12,18-21H2,1-5H3,(H,36,37);4-6H,1-3H3;2H,1H3/b13-11+;;/t23-,24+,30?,31+,32-;;/m0../s1. The van der Waals surface area contributed by atoms with Crippen LogP contribution in [0.1, 0.15) is 94.0 Å². The Hall–Kier alpha value is -3.38. The first-order valence-corrected chi connectivity index (χ1v) is 18.8. The number of allylic oxidation sites excluding steroid dienone is 2.